The SMILES string of the molecule is CN(C)[C@H](CNc1oc(-c2ccc(Br)o2)nc1C#N)c1ccc(F)cc1F. The number of halogens is 3. The van der Waals surface area contributed by atoms with E-state index in [4.69, 9.17) is 8.83 Å². The van der Waals surface area contributed by atoms with Gasteiger partial charge in [0, 0.05) is 18.2 Å². The number of hydrogen-bond donors (Lipinski definition) is 1. The number of nitrogens with one attached hydrogen (secondary N) is 1. The molecule has 0 aliphatic carbocycles. The zero-order valence-electron chi connectivity index (χ0n) is 14.5. The van der Waals surface area contributed by atoms with Crippen molar-refractivity contribution in [1.82, 2.24) is 9.88 Å². The van der Waals surface area contributed by atoms with Crippen LogP contribution >= 0.6 is 15.9 Å². The van der Waals surface area contributed by atoms with E-state index in [0.29, 0.717) is 16.0 Å². The Morgan fingerprint density at radius 1 is 1.26 bits per heavy atom. The minimum Gasteiger partial charge on any atom is -0.444 e. The Balaban J connectivity index is 1.83. The first kappa shape index (κ1) is 19.1. The lowest BCUT2D eigenvalue weighted by atomic mass is 10.1. The van der Waals surface area contributed by atoms with E-state index in [1.165, 1.54) is 12.1 Å². The van der Waals surface area contributed by atoms with Crippen molar-refractivity contribution in [3.63, 3.8) is 0 Å². The summed E-state index contributed by atoms with van der Waals surface area (Å²) in [6, 6.07) is 8.29. The third-order valence-electron chi connectivity index (χ3n) is 3.92. The average molecular weight is 437 g/mol. The third kappa shape index (κ3) is 4.18. The number of anilines is 1. The van der Waals surface area contributed by atoms with Crippen LogP contribution in [0.15, 0.2) is 43.8 Å². The Hall–Kier alpha value is -2.70. The summed E-state index contributed by atoms with van der Waals surface area (Å²) in [5.74, 6) is -0.628. The predicted octanol–water partition coefficient (Wildman–Crippen LogP) is 4.56. The molecule has 0 saturated carbocycles. The van der Waals surface area contributed by atoms with Crippen molar-refractivity contribution in [1.29, 1.82) is 5.26 Å². The monoisotopic (exact) mass is 436 g/mol. The molecule has 2 heterocycles. The second-order valence-electron chi connectivity index (χ2n) is 5.94. The van der Waals surface area contributed by atoms with Crippen LogP contribution in [0.25, 0.3) is 11.7 Å². The van der Waals surface area contributed by atoms with Crippen molar-refractivity contribution in [3.05, 3.63) is 57.9 Å². The van der Waals surface area contributed by atoms with Gasteiger partial charge in [-0.3, -0.25) is 0 Å². The first-order valence-electron chi connectivity index (χ1n) is 7.91. The lowest BCUT2D eigenvalue weighted by molar-refractivity contribution is 0.302. The fourth-order valence-electron chi connectivity index (χ4n) is 2.58. The highest BCUT2D eigenvalue weighted by molar-refractivity contribution is 9.10. The van der Waals surface area contributed by atoms with Gasteiger partial charge in [0.2, 0.25) is 11.6 Å². The normalized spacial score (nSPS) is 12.2. The lowest BCUT2D eigenvalue weighted by Crippen LogP contribution is -2.27. The van der Waals surface area contributed by atoms with Gasteiger partial charge in [-0.2, -0.15) is 10.2 Å². The lowest BCUT2D eigenvalue weighted by Gasteiger charge is -2.25. The Labute approximate surface area is 162 Å². The molecule has 27 heavy (non-hydrogen) atoms. The van der Waals surface area contributed by atoms with Gasteiger partial charge in [-0.15, -0.1) is 0 Å². The summed E-state index contributed by atoms with van der Waals surface area (Å²) in [4.78, 5) is 5.87. The van der Waals surface area contributed by atoms with Crippen LogP contribution in [0.2, 0.25) is 0 Å². The first-order valence-corrected chi connectivity index (χ1v) is 8.70. The molecule has 3 aromatic rings. The number of benzene rings is 1. The molecular weight excluding hydrogens is 422 g/mol. The summed E-state index contributed by atoms with van der Waals surface area (Å²) in [5, 5.41) is 12.3. The average Bonchev–Trinajstić information content (AvgIpc) is 3.22. The van der Waals surface area contributed by atoms with Gasteiger partial charge in [0.25, 0.3) is 5.89 Å². The van der Waals surface area contributed by atoms with Crippen molar-refractivity contribution in [3.8, 4) is 17.7 Å². The van der Waals surface area contributed by atoms with Crippen LogP contribution in [0, 0.1) is 23.0 Å². The van der Waals surface area contributed by atoms with E-state index in [1.807, 2.05) is 6.07 Å². The van der Waals surface area contributed by atoms with E-state index in [9.17, 15) is 14.0 Å². The number of aromatic nitrogens is 1. The van der Waals surface area contributed by atoms with Gasteiger partial charge in [0.15, 0.2) is 10.4 Å². The van der Waals surface area contributed by atoms with E-state index in [1.54, 1.807) is 31.1 Å². The fourth-order valence-corrected chi connectivity index (χ4v) is 2.89. The van der Waals surface area contributed by atoms with Crippen LogP contribution in [0.3, 0.4) is 0 Å². The summed E-state index contributed by atoms with van der Waals surface area (Å²) in [5.41, 5.74) is 0.372. The van der Waals surface area contributed by atoms with E-state index in [2.05, 4.69) is 26.2 Å². The zero-order chi connectivity index (χ0) is 19.6. The number of hydrogen-bond acceptors (Lipinski definition) is 6. The molecule has 0 radical (unpaired) electrons. The third-order valence-corrected chi connectivity index (χ3v) is 4.34. The van der Waals surface area contributed by atoms with E-state index < -0.39 is 17.7 Å². The number of likely N-dealkylation sites (N-methyl/N-ethyl adjacent to an activating group) is 1. The maximum Gasteiger partial charge on any atom is 0.266 e. The zero-order valence-corrected chi connectivity index (χ0v) is 16.0. The van der Waals surface area contributed by atoms with Crippen molar-refractivity contribution in [2.75, 3.05) is 26.0 Å². The van der Waals surface area contributed by atoms with E-state index in [0.717, 1.165) is 6.07 Å². The molecule has 3 rings (SSSR count). The highest BCUT2D eigenvalue weighted by Gasteiger charge is 2.22. The summed E-state index contributed by atoms with van der Waals surface area (Å²) in [6.45, 7) is 0.209. The number of nitrogens with zero attached hydrogens (tertiary/aromatic N) is 3. The van der Waals surface area contributed by atoms with Gasteiger partial charge >= 0.3 is 0 Å². The number of oxazole rings is 1. The topological polar surface area (TPSA) is 78.2 Å². The van der Waals surface area contributed by atoms with Crippen LogP contribution in [0.5, 0.6) is 0 Å². The Morgan fingerprint density at radius 2 is 2.04 bits per heavy atom. The molecule has 0 aliphatic heterocycles. The molecule has 0 bridgehead atoms. The Bertz CT molecular complexity index is 994. The molecule has 0 fully saturated rings. The van der Waals surface area contributed by atoms with Crippen LogP contribution in [-0.2, 0) is 0 Å². The second-order valence-corrected chi connectivity index (χ2v) is 6.72. The smallest absolute Gasteiger partial charge is 0.266 e. The molecule has 9 heteroatoms. The molecule has 1 atom stereocenters. The maximum absolute atomic E-state index is 14.2. The summed E-state index contributed by atoms with van der Waals surface area (Å²) >= 11 is 3.19. The molecular formula is C18H15BrF2N4O2. The predicted molar refractivity (Wildman–Crippen MR) is 97.9 cm³/mol. The molecule has 6 nitrogen and oxygen atoms in total. The van der Waals surface area contributed by atoms with Gasteiger partial charge in [-0.05, 0) is 48.2 Å². The second kappa shape index (κ2) is 7.90. The van der Waals surface area contributed by atoms with Gasteiger partial charge in [-0.25, -0.2) is 8.78 Å². The summed E-state index contributed by atoms with van der Waals surface area (Å²) in [7, 11) is 3.54. The van der Waals surface area contributed by atoms with E-state index >= 15 is 0 Å². The molecule has 0 aliphatic rings. The highest BCUT2D eigenvalue weighted by Crippen LogP contribution is 2.29. The highest BCUT2D eigenvalue weighted by atomic mass is 79.9. The van der Waals surface area contributed by atoms with E-state index in [-0.39, 0.29) is 24.0 Å². The minimum absolute atomic E-state index is 0.0506. The molecule has 1 aromatic carbocycles. The minimum atomic E-state index is -0.644. The number of nitriles is 1. The molecule has 2 aromatic heterocycles. The molecule has 140 valence electrons. The molecule has 0 saturated heterocycles. The Kier molecular flexibility index (Phi) is 5.58. The van der Waals surface area contributed by atoms with Crippen molar-refractivity contribution in [2.45, 2.75) is 6.04 Å². The van der Waals surface area contributed by atoms with Crippen LogP contribution in [0.1, 0.15) is 17.3 Å². The Morgan fingerprint density at radius 3 is 2.63 bits per heavy atom. The first-order chi connectivity index (χ1) is 12.9. The van der Waals surface area contributed by atoms with Crippen molar-refractivity contribution >= 4 is 21.8 Å². The van der Waals surface area contributed by atoms with Crippen molar-refractivity contribution in [2.24, 2.45) is 0 Å². The maximum atomic E-state index is 14.2. The molecule has 1 N–H and O–H groups in total. The van der Waals surface area contributed by atoms with Gasteiger partial charge in [0.05, 0.1) is 6.04 Å². The number of furan rings is 1. The van der Waals surface area contributed by atoms with Crippen LogP contribution in [-0.4, -0.2) is 30.5 Å². The molecule has 0 unspecified atom stereocenters. The van der Waals surface area contributed by atoms with Crippen LogP contribution < -0.4 is 5.32 Å². The molecule has 0 spiro atoms. The van der Waals surface area contributed by atoms with Crippen molar-refractivity contribution < 1.29 is 17.6 Å². The summed E-state index contributed by atoms with van der Waals surface area (Å²) in [6.07, 6.45) is 0. The van der Waals surface area contributed by atoms with Gasteiger partial charge in [0.1, 0.15) is 17.7 Å². The van der Waals surface area contributed by atoms with Crippen LogP contribution in [0.4, 0.5) is 14.7 Å². The van der Waals surface area contributed by atoms with Gasteiger partial charge < -0.3 is 19.1 Å². The summed E-state index contributed by atoms with van der Waals surface area (Å²) < 4.78 is 38.8. The standard InChI is InChI=1S/C18H15BrF2N4O2/c1-25(2)14(11-4-3-10(20)7-12(11)21)9-23-17-13(8-22)24-18(27-17)15-5-6-16(19)26-15/h3-7,14,23H,9H2,1-2H3/t14-/m1/s1. The van der Waals surface area contributed by atoms with Gasteiger partial charge in [-0.1, -0.05) is 6.07 Å². The largest absolute Gasteiger partial charge is 0.444 e. The quantitative estimate of drug-likeness (QED) is 0.609. The number of rotatable bonds is 6. The fraction of sp³-hybridized carbons (Fsp3) is 0.222. The molecule has 0 amide bonds.